The van der Waals surface area contributed by atoms with Crippen molar-refractivity contribution in [1.82, 2.24) is 4.72 Å². The molecule has 1 saturated carbocycles. The van der Waals surface area contributed by atoms with Crippen LogP contribution < -0.4 is 9.46 Å². The first-order valence-electron chi connectivity index (χ1n) is 7.20. The van der Waals surface area contributed by atoms with E-state index in [4.69, 9.17) is 4.74 Å². The first kappa shape index (κ1) is 16.7. The van der Waals surface area contributed by atoms with Crippen molar-refractivity contribution >= 4 is 15.7 Å². The second-order valence-electron chi connectivity index (χ2n) is 5.58. The fraction of sp³-hybridized carbons (Fsp3) is 0.571. The van der Waals surface area contributed by atoms with Crippen molar-refractivity contribution in [2.75, 3.05) is 7.11 Å². The van der Waals surface area contributed by atoms with Gasteiger partial charge >= 0.3 is 0 Å². The predicted octanol–water partition coefficient (Wildman–Crippen LogP) is 2.46. The van der Waals surface area contributed by atoms with E-state index in [-0.39, 0.29) is 28.3 Å². The van der Waals surface area contributed by atoms with Crippen LogP contribution in [0.15, 0.2) is 23.1 Å². The van der Waals surface area contributed by atoms with E-state index >= 15 is 0 Å². The van der Waals surface area contributed by atoms with Crippen molar-refractivity contribution in [1.29, 1.82) is 0 Å². The molecule has 0 aliphatic heterocycles. The molecule has 0 saturated heterocycles. The van der Waals surface area contributed by atoms with Gasteiger partial charge < -0.3 is 4.74 Å². The summed E-state index contributed by atoms with van der Waals surface area (Å²) in [4.78, 5) is 10.1. The van der Waals surface area contributed by atoms with Gasteiger partial charge in [0.05, 0.1) is 18.1 Å². The Bertz CT molecular complexity index is 659. The van der Waals surface area contributed by atoms with Gasteiger partial charge in [-0.15, -0.1) is 0 Å². The minimum atomic E-state index is -3.78. The van der Waals surface area contributed by atoms with Crippen molar-refractivity contribution in [3.8, 4) is 5.75 Å². The molecule has 0 aromatic heterocycles. The van der Waals surface area contributed by atoms with E-state index in [1.807, 2.05) is 6.92 Å². The number of rotatable bonds is 5. The van der Waals surface area contributed by atoms with Crippen LogP contribution in [0, 0.1) is 16.0 Å². The third kappa shape index (κ3) is 3.56. The van der Waals surface area contributed by atoms with Gasteiger partial charge in [-0.05, 0) is 24.8 Å². The molecule has 0 heterocycles. The molecule has 1 aromatic rings. The lowest BCUT2D eigenvalue weighted by atomic mass is 9.87. The van der Waals surface area contributed by atoms with Crippen molar-refractivity contribution in [3.63, 3.8) is 0 Å². The molecule has 1 aliphatic carbocycles. The van der Waals surface area contributed by atoms with E-state index in [9.17, 15) is 18.5 Å². The Hall–Kier alpha value is -1.67. The molecule has 0 unspecified atom stereocenters. The Balaban J connectivity index is 2.30. The molecule has 2 rings (SSSR count). The van der Waals surface area contributed by atoms with Crippen LogP contribution in [0.2, 0.25) is 0 Å². The number of ether oxygens (including phenoxy) is 1. The maximum absolute atomic E-state index is 12.5. The molecule has 0 spiro atoms. The van der Waals surface area contributed by atoms with Gasteiger partial charge in [-0.25, -0.2) is 13.1 Å². The highest BCUT2D eigenvalue weighted by Gasteiger charge is 2.29. The Morgan fingerprint density at radius 3 is 2.59 bits per heavy atom. The van der Waals surface area contributed by atoms with Gasteiger partial charge in [0.2, 0.25) is 10.0 Å². The van der Waals surface area contributed by atoms with Crippen LogP contribution in [0.5, 0.6) is 5.75 Å². The summed E-state index contributed by atoms with van der Waals surface area (Å²) < 4.78 is 32.8. The standard InChI is InChI=1S/C14H20N2O5S/c1-10-5-3-4-6-12(10)15-22(19,20)14-8-7-11(16(17)18)9-13(14)21-2/h7-10,12,15H,3-6H2,1-2H3/t10-,12-/m0/s1. The topological polar surface area (TPSA) is 98.5 Å². The molecular weight excluding hydrogens is 308 g/mol. The summed E-state index contributed by atoms with van der Waals surface area (Å²) in [5.74, 6) is 0.248. The number of nitrogens with one attached hydrogen (secondary N) is 1. The van der Waals surface area contributed by atoms with Gasteiger partial charge in [0.15, 0.2) is 0 Å². The van der Waals surface area contributed by atoms with E-state index in [1.165, 1.54) is 19.2 Å². The fourth-order valence-corrected chi connectivity index (χ4v) is 4.28. The number of non-ortho nitro benzene ring substituents is 1. The summed E-state index contributed by atoms with van der Waals surface area (Å²) in [6.07, 6.45) is 3.90. The number of benzene rings is 1. The first-order valence-corrected chi connectivity index (χ1v) is 8.68. The van der Waals surface area contributed by atoms with E-state index in [0.717, 1.165) is 31.7 Å². The number of nitrogens with zero attached hydrogens (tertiary/aromatic N) is 1. The lowest BCUT2D eigenvalue weighted by Gasteiger charge is -2.29. The molecule has 1 aliphatic rings. The normalized spacial score (nSPS) is 22.3. The zero-order chi connectivity index (χ0) is 16.3. The first-order chi connectivity index (χ1) is 10.3. The third-order valence-electron chi connectivity index (χ3n) is 4.07. The monoisotopic (exact) mass is 328 g/mol. The largest absolute Gasteiger partial charge is 0.495 e. The van der Waals surface area contributed by atoms with Crippen LogP contribution in [-0.4, -0.2) is 26.5 Å². The summed E-state index contributed by atoms with van der Waals surface area (Å²) in [5, 5.41) is 10.8. The Morgan fingerprint density at radius 1 is 1.32 bits per heavy atom. The highest BCUT2D eigenvalue weighted by Crippen LogP contribution is 2.30. The van der Waals surface area contributed by atoms with Crippen LogP contribution in [0.4, 0.5) is 5.69 Å². The van der Waals surface area contributed by atoms with Gasteiger partial charge in [-0.2, -0.15) is 0 Å². The minimum absolute atomic E-state index is 0.0230. The lowest BCUT2D eigenvalue weighted by Crippen LogP contribution is -2.41. The molecule has 1 aromatic carbocycles. The number of nitro benzene ring substituents is 1. The molecule has 0 amide bonds. The van der Waals surface area contributed by atoms with Gasteiger partial charge in [0, 0.05) is 12.1 Å². The molecule has 1 N–H and O–H groups in total. The van der Waals surface area contributed by atoms with Crippen molar-refractivity contribution < 1.29 is 18.1 Å². The van der Waals surface area contributed by atoms with Gasteiger partial charge in [0.25, 0.3) is 5.69 Å². The molecule has 8 heteroatoms. The number of methoxy groups -OCH3 is 1. The summed E-state index contributed by atoms with van der Waals surface area (Å²) in [7, 11) is -2.48. The van der Waals surface area contributed by atoms with E-state index in [0.29, 0.717) is 0 Å². The predicted molar refractivity (Wildman–Crippen MR) is 81.4 cm³/mol. The van der Waals surface area contributed by atoms with Gasteiger partial charge in [-0.1, -0.05) is 19.8 Å². The average molecular weight is 328 g/mol. The third-order valence-corrected chi connectivity index (χ3v) is 5.59. The average Bonchev–Trinajstić information content (AvgIpc) is 2.48. The lowest BCUT2D eigenvalue weighted by molar-refractivity contribution is -0.385. The van der Waals surface area contributed by atoms with Crippen molar-refractivity contribution in [3.05, 3.63) is 28.3 Å². The highest BCUT2D eigenvalue weighted by atomic mass is 32.2. The fourth-order valence-electron chi connectivity index (χ4n) is 2.75. The maximum Gasteiger partial charge on any atom is 0.273 e. The van der Waals surface area contributed by atoms with Crippen molar-refractivity contribution in [2.24, 2.45) is 5.92 Å². The number of hydrogen-bond donors (Lipinski definition) is 1. The molecule has 7 nitrogen and oxygen atoms in total. The van der Waals surface area contributed by atoms with Gasteiger partial charge in [-0.3, -0.25) is 10.1 Å². The quantitative estimate of drug-likeness (QED) is 0.661. The van der Waals surface area contributed by atoms with E-state index in [2.05, 4.69) is 4.72 Å². The summed E-state index contributed by atoms with van der Waals surface area (Å²) in [6, 6.07) is 3.39. The zero-order valence-corrected chi connectivity index (χ0v) is 13.4. The minimum Gasteiger partial charge on any atom is -0.495 e. The molecule has 1 fully saturated rings. The van der Waals surface area contributed by atoms with Crippen LogP contribution in [0.25, 0.3) is 0 Å². The zero-order valence-electron chi connectivity index (χ0n) is 12.6. The highest BCUT2D eigenvalue weighted by molar-refractivity contribution is 7.89. The van der Waals surface area contributed by atoms with E-state index in [1.54, 1.807) is 0 Å². The molecule has 2 atom stereocenters. The maximum atomic E-state index is 12.5. The second kappa shape index (κ2) is 6.62. The number of nitro groups is 1. The van der Waals surface area contributed by atoms with Crippen LogP contribution >= 0.6 is 0 Å². The van der Waals surface area contributed by atoms with Crippen LogP contribution in [0.1, 0.15) is 32.6 Å². The van der Waals surface area contributed by atoms with E-state index < -0.39 is 14.9 Å². The van der Waals surface area contributed by atoms with Crippen LogP contribution in [-0.2, 0) is 10.0 Å². The van der Waals surface area contributed by atoms with Crippen LogP contribution in [0.3, 0.4) is 0 Å². The molecule has 122 valence electrons. The summed E-state index contributed by atoms with van der Waals surface area (Å²) in [6.45, 7) is 2.03. The summed E-state index contributed by atoms with van der Waals surface area (Å²) >= 11 is 0. The number of sulfonamides is 1. The smallest absolute Gasteiger partial charge is 0.273 e. The Labute approximate surface area is 129 Å². The number of hydrogen-bond acceptors (Lipinski definition) is 5. The Morgan fingerprint density at radius 2 is 2.00 bits per heavy atom. The second-order valence-corrected chi connectivity index (χ2v) is 7.26. The summed E-state index contributed by atoms with van der Waals surface area (Å²) in [5.41, 5.74) is -0.207. The molecule has 0 bridgehead atoms. The SMILES string of the molecule is COc1cc([N+](=O)[O-])ccc1S(=O)(=O)N[C@H]1CCCC[C@@H]1C. The molecule has 0 radical (unpaired) electrons. The molecule has 22 heavy (non-hydrogen) atoms. The van der Waals surface area contributed by atoms with Crippen molar-refractivity contribution in [2.45, 2.75) is 43.5 Å². The van der Waals surface area contributed by atoms with Gasteiger partial charge in [0.1, 0.15) is 10.6 Å². The molecular formula is C14H20N2O5S. The Kier molecular flexibility index (Phi) is 5.02.